The van der Waals surface area contributed by atoms with Crippen LogP contribution in [-0.4, -0.2) is 37.1 Å². The molecular weight excluding hydrogens is 380 g/mol. The largest absolute Gasteiger partial charge is 0.488 e. The Hall–Kier alpha value is -1.83. The van der Waals surface area contributed by atoms with E-state index in [0.717, 1.165) is 11.2 Å². The highest BCUT2D eigenvalue weighted by Gasteiger charge is 2.03. The fourth-order valence-electron chi connectivity index (χ4n) is 1.52. The van der Waals surface area contributed by atoms with Gasteiger partial charge >= 0.3 is 0 Å². The minimum Gasteiger partial charge on any atom is -0.488 e. The number of rotatable bonds is 11. The van der Waals surface area contributed by atoms with Crippen molar-refractivity contribution in [3.8, 4) is 0 Å². The van der Waals surface area contributed by atoms with E-state index in [1.165, 1.54) is 29.2 Å². The molecule has 0 aliphatic carbocycles. The van der Waals surface area contributed by atoms with E-state index in [1.807, 2.05) is 18.0 Å². The number of carbonyl (C=O) groups is 2. The summed E-state index contributed by atoms with van der Waals surface area (Å²) >= 11 is 8.65. The minimum absolute atomic E-state index is 0.335. The first kappa shape index (κ1) is 21.2. The highest BCUT2D eigenvalue weighted by Crippen LogP contribution is 2.23. The van der Waals surface area contributed by atoms with Gasteiger partial charge in [0.25, 0.3) is 0 Å². The third kappa shape index (κ3) is 8.20. The van der Waals surface area contributed by atoms with Gasteiger partial charge in [-0.3, -0.25) is 14.6 Å². The second kappa shape index (κ2) is 11.7. The van der Waals surface area contributed by atoms with Gasteiger partial charge in [0.2, 0.25) is 0 Å². The molecular formula is C17H19ClN2O3S2. The quantitative estimate of drug-likeness (QED) is 0.139. The molecule has 0 fully saturated rings. The van der Waals surface area contributed by atoms with Crippen molar-refractivity contribution < 1.29 is 14.3 Å². The number of hydrogen-bond acceptors (Lipinski definition) is 7. The lowest BCUT2D eigenvalue weighted by atomic mass is 10.4. The van der Waals surface area contributed by atoms with Crippen LogP contribution in [0.25, 0.3) is 0 Å². The van der Waals surface area contributed by atoms with Crippen LogP contribution in [-0.2, 0) is 20.9 Å². The van der Waals surface area contributed by atoms with Gasteiger partial charge in [0.15, 0.2) is 6.29 Å². The van der Waals surface area contributed by atoms with Crippen molar-refractivity contribution in [3.63, 3.8) is 0 Å². The van der Waals surface area contributed by atoms with Crippen molar-refractivity contribution in [2.24, 2.45) is 4.99 Å². The molecule has 0 amide bonds. The summed E-state index contributed by atoms with van der Waals surface area (Å²) in [4.78, 5) is 28.9. The topological polar surface area (TPSA) is 59.0 Å². The third-order valence-corrected chi connectivity index (χ3v) is 5.30. The van der Waals surface area contributed by atoms with E-state index in [2.05, 4.69) is 11.7 Å². The molecule has 1 aromatic heterocycles. The zero-order valence-electron chi connectivity index (χ0n) is 14.0. The first-order valence-corrected chi connectivity index (χ1v) is 9.34. The normalized spacial score (nSPS) is 12.7. The Balaban J connectivity index is 2.58. The van der Waals surface area contributed by atoms with E-state index in [1.54, 1.807) is 25.3 Å². The van der Waals surface area contributed by atoms with Gasteiger partial charge in [0.05, 0.1) is 20.8 Å². The van der Waals surface area contributed by atoms with Crippen molar-refractivity contribution in [1.82, 2.24) is 4.90 Å². The minimum atomic E-state index is 0.335. The van der Waals surface area contributed by atoms with Gasteiger partial charge < -0.3 is 9.64 Å². The lowest BCUT2D eigenvalue weighted by Crippen LogP contribution is -2.10. The lowest BCUT2D eigenvalue weighted by molar-refractivity contribution is -0.105. The maximum Gasteiger partial charge on any atom is 0.158 e. The van der Waals surface area contributed by atoms with Crippen LogP contribution < -0.4 is 0 Å². The average Bonchev–Trinajstić information content (AvgIpc) is 3.02. The molecule has 1 heterocycles. The van der Waals surface area contributed by atoms with E-state index in [4.69, 9.17) is 16.3 Å². The molecule has 0 saturated carbocycles. The van der Waals surface area contributed by atoms with Crippen LogP contribution in [0.3, 0.4) is 0 Å². The number of halogens is 1. The van der Waals surface area contributed by atoms with Crippen LogP contribution in [0.2, 0.25) is 4.34 Å². The van der Waals surface area contributed by atoms with E-state index in [0.29, 0.717) is 39.5 Å². The van der Waals surface area contributed by atoms with Crippen molar-refractivity contribution in [1.29, 1.82) is 0 Å². The zero-order chi connectivity index (χ0) is 18.7. The Kier molecular flexibility index (Phi) is 9.91. The number of thiophene rings is 1. The van der Waals surface area contributed by atoms with Crippen LogP contribution in [0.4, 0.5) is 0 Å². The molecule has 1 aromatic rings. The average molecular weight is 399 g/mol. The Bertz CT molecular complexity index is 696. The number of ether oxygens (including phenoxy) is 1. The molecule has 0 spiro atoms. The number of aldehydes is 2. The Morgan fingerprint density at radius 1 is 1.48 bits per heavy atom. The highest BCUT2D eigenvalue weighted by atomic mass is 35.5. The van der Waals surface area contributed by atoms with Crippen LogP contribution in [0.5, 0.6) is 0 Å². The highest BCUT2D eigenvalue weighted by molar-refractivity contribution is 8.03. The Morgan fingerprint density at radius 3 is 2.80 bits per heavy atom. The van der Waals surface area contributed by atoms with Gasteiger partial charge in [-0.05, 0) is 31.9 Å². The summed E-state index contributed by atoms with van der Waals surface area (Å²) in [5.41, 5.74) is 0.594. The predicted molar refractivity (Wildman–Crippen MR) is 106 cm³/mol. The fourth-order valence-corrected chi connectivity index (χ4v) is 3.29. The summed E-state index contributed by atoms with van der Waals surface area (Å²) < 4.78 is 6.30. The Labute approximate surface area is 160 Å². The predicted octanol–water partition coefficient (Wildman–Crippen LogP) is 4.27. The first-order valence-electron chi connectivity index (χ1n) is 7.16. The van der Waals surface area contributed by atoms with Gasteiger partial charge in [0, 0.05) is 24.2 Å². The molecule has 5 nitrogen and oxygen atoms in total. The molecule has 0 radical (unpaired) electrons. The third-order valence-electron chi connectivity index (χ3n) is 2.86. The van der Waals surface area contributed by atoms with Crippen molar-refractivity contribution in [2.75, 3.05) is 12.9 Å². The summed E-state index contributed by atoms with van der Waals surface area (Å²) in [6.45, 7) is 5.48. The molecule has 134 valence electrons. The summed E-state index contributed by atoms with van der Waals surface area (Å²) in [6.07, 6.45) is 6.23. The number of aliphatic imine (C=N–C) groups is 1. The fraction of sp³-hybridized carbons (Fsp3) is 0.235. The van der Waals surface area contributed by atoms with Crippen LogP contribution in [0.15, 0.2) is 51.8 Å². The monoisotopic (exact) mass is 398 g/mol. The maximum atomic E-state index is 11.0. The molecule has 0 saturated heterocycles. The maximum absolute atomic E-state index is 11.0. The van der Waals surface area contributed by atoms with E-state index >= 15 is 0 Å². The van der Waals surface area contributed by atoms with Crippen molar-refractivity contribution >= 4 is 54.0 Å². The summed E-state index contributed by atoms with van der Waals surface area (Å²) in [5, 5.41) is 0. The van der Waals surface area contributed by atoms with Gasteiger partial charge in [0.1, 0.15) is 18.7 Å². The van der Waals surface area contributed by atoms with Gasteiger partial charge in [-0.25, -0.2) is 0 Å². The molecule has 0 aromatic carbocycles. The number of nitrogens with zero attached hydrogens (tertiary/aromatic N) is 2. The summed E-state index contributed by atoms with van der Waals surface area (Å²) in [7, 11) is 1.85. The zero-order valence-corrected chi connectivity index (χ0v) is 16.4. The second-order valence-electron chi connectivity index (χ2n) is 4.77. The first-order chi connectivity index (χ1) is 12.0. The molecule has 0 bridgehead atoms. The number of carbonyl (C=O) groups excluding carboxylic acids is 2. The standard InChI is InChI=1S/C17H19ClN2O3S2/c1-13(19-2)16(10-22)24-12-20(3)8-6-14(7-9-21)23-11-15-4-5-17(18)25-15/h4-10H,2,11-12H2,1,3H3/b8-6?,14-7+,16-13-. The molecule has 0 aliphatic heterocycles. The number of hydrogen-bond donors (Lipinski definition) is 0. The van der Waals surface area contributed by atoms with Crippen LogP contribution in [0.1, 0.15) is 11.8 Å². The van der Waals surface area contributed by atoms with E-state index in [9.17, 15) is 9.59 Å². The lowest BCUT2D eigenvalue weighted by Gasteiger charge is -2.14. The van der Waals surface area contributed by atoms with Gasteiger partial charge in [-0.15, -0.1) is 11.3 Å². The summed E-state index contributed by atoms with van der Waals surface area (Å²) in [5.74, 6) is 0.971. The molecule has 25 heavy (non-hydrogen) atoms. The van der Waals surface area contributed by atoms with Crippen LogP contribution in [0, 0.1) is 0 Å². The summed E-state index contributed by atoms with van der Waals surface area (Å²) in [6, 6.07) is 3.67. The molecule has 8 heteroatoms. The Morgan fingerprint density at radius 2 is 2.24 bits per heavy atom. The van der Waals surface area contributed by atoms with E-state index in [-0.39, 0.29) is 0 Å². The molecule has 0 aliphatic rings. The van der Waals surface area contributed by atoms with Crippen LogP contribution >= 0.6 is 34.7 Å². The van der Waals surface area contributed by atoms with E-state index < -0.39 is 0 Å². The number of allylic oxidation sites excluding steroid dienone is 4. The van der Waals surface area contributed by atoms with Crippen molar-refractivity contribution in [3.05, 3.63) is 56.1 Å². The molecule has 1 rings (SSSR count). The van der Waals surface area contributed by atoms with Gasteiger partial charge in [-0.2, -0.15) is 0 Å². The molecule has 0 unspecified atom stereocenters. The second-order valence-corrected chi connectivity index (χ2v) is 7.56. The van der Waals surface area contributed by atoms with Crippen molar-refractivity contribution in [2.45, 2.75) is 13.5 Å². The number of thioether (sulfide) groups is 1. The van der Waals surface area contributed by atoms with Gasteiger partial charge in [-0.1, -0.05) is 23.4 Å². The SMILES string of the molecule is C=N/C(C)=C(/C=O)SCN(C)C=C/C(=C\C=O)OCc1ccc(Cl)s1. The molecule has 0 atom stereocenters. The smallest absolute Gasteiger partial charge is 0.158 e. The molecule has 0 N–H and O–H groups in total.